The van der Waals surface area contributed by atoms with Crippen molar-refractivity contribution in [3.8, 4) is 17.8 Å². The number of anilines is 1. The van der Waals surface area contributed by atoms with E-state index in [1.54, 1.807) is 6.07 Å². The van der Waals surface area contributed by atoms with E-state index in [9.17, 15) is 23.7 Å². The highest BCUT2D eigenvalue weighted by Crippen LogP contribution is 2.39. The number of benzene rings is 1. The molecule has 1 aromatic carbocycles. The van der Waals surface area contributed by atoms with Crippen LogP contribution in [0.1, 0.15) is 43.0 Å². The first-order valence-electron chi connectivity index (χ1n) is 7.98. The monoisotopic (exact) mass is 415 g/mol. The summed E-state index contributed by atoms with van der Waals surface area (Å²) in [7, 11) is 0. The zero-order valence-electron chi connectivity index (χ0n) is 14.2. The van der Waals surface area contributed by atoms with Gasteiger partial charge in [0.25, 0.3) is 0 Å². The molecule has 0 atom stereocenters. The van der Waals surface area contributed by atoms with Crippen molar-refractivity contribution in [3.05, 3.63) is 39.0 Å². The molecular weight excluding hydrogens is 402 g/mol. The van der Waals surface area contributed by atoms with Crippen LogP contribution in [0.4, 0.5) is 19.0 Å². The number of hydrogen-bond donors (Lipinski definition) is 1. The highest BCUT2D eigenvalue weighted by atomic mass is 35.5. The van der Waals surface area contributed by atoms with Gasteiger partial charge in [-0.3, -0.25) is 0 Å². The number of halogens is 5. The third-order valence-electron chi connectivity index (χ3n) is 3.73. The Morgan fingerprint density at radius 3 is 2.26 bits per heavy atom. The number of nitrogens with one attached hydrogen (secondary N) is 1. The number of unbranched alkanes of at least 4 members (excludes halogenated alkanes) is 2. The number of nitrogens with zero attached hydrogens (tertiary/aromatic N) is 4. The number of rotatable bonds is 6. The Bertz CT molecular complexity index is 899. The summed E-state index contributed by atoms with van der Waals surface area (Å²) in [6.45, 7) is 2.51. The molecule has 0 bridgehead atoms. The lowest BCUT2D eigenvalue weighted by Gasteiger charge is -2.15. The van der Waals surface area contributed by atoms with Gasteiger partial charge in [-0.25, -0.2) is 4.68 Å². The van der Waals surface area contributed by atoms with Crippen molar-refractivity contribution >= 4 is 29.0 Å². The van der Waals surface area contributed by atoms with Crippen LogP contribution in [0.5, 0.6) is 0 Å². The predicted octanol–water partition coefficient (Wildman–Crippen LogP) is 5.54. The van der Waals surface area contributed by atoms with Gasteiger partial charge < -0.3 is 5.32 Å². The molecule has 0 amide bonds. The lowest BCUT2D eigenvalue weighted by atomic mass is 10.2. The molecule has 1 heterocycles. The minimum atomic E-state index is -4.62. The Kier molecular flexibility index (Phi) is 6.59. The van der Waals surface area contributed by atoms with Crippen LogP contribution < -0.4 is 5.32 Å². The van der Waals surface area contributed by atoms with Crippen LogP contribution in [-0.2, 0) is 6.18 Å². The summed E-state index contributed by atoms with van der Waals surface area (Å²) in [5.41, 5.74) is -1.25. The number of alkyl halides is 3. The standard InChI is InChI=1S/C17H14Cl2F3N5/c1-2-3-4-5-25-16-11(8-23)14(9-24)26-27(16)15-12(18)6-10(7-13(15)19)17(20,21)22/h6-7,25H,2-5H2,1H3. The third-order valence-corrected chi connectivity index (χ3v) is 4.31. The van der Waals surface area contributed by atoms with Crippen LogP contribution in [0.2, 0.25) is 10.0 Å². The van der Waals surface area contributed by atoms with Gasteiger partial charge in [-0.15, -0.1) is 0 Å². The topological polar surface area (TPSA) is 77.4 Å². The van der Waals surface area contributed by atoms with Crippen LogP contribution in [-0.4, -0.2) is 16.3 Å². The number of nitriles is 2. The minimum absolute atomic E-state index is 0.0268. The molecular formula is C17H14Cl2F3N5. The fourth-order valence-corrected chi connectivity index (χ4v) is 3.09. The van der Waals surface area contributed by atoms with Crippen molar-refractivity contribution in [2.45, 2.75) is 32.4 Å². The van der Waals surface area contributed by atoms with Crippen LogP contribution in [0.15, 0.2) is 12.1 Å². The lowest BCUT2D eigenvalue weighted by molar-refractivity contribution is -0.137. The average molecular weight is 416 g/mol. The molecule has 0 aliphatic carbocycles. The van der Waals surface area contributed by atoms with Crippen LogP contribution in [0.3, 0.4) is 0 Å². The second-order valence-corrected chi connectivity index (χ2v) is 6.44. The van der Waals surface area contributed by atoms with E-state index in [-0.39, 0.29) is 32.8 Å². The SMILES string of the molecule is CCCCCNc1c(C#N)c(C#N)nn1-c1c(Cl)cc(C(F)(F)F)cc1Cl. The van der Waals surface area contributed by atoms with Crippen LogP contribution >= 0.6 is 23.2 Å². The molecule has 2 rings (SSSR count). The molecule has 142 valence electrons. The van der Waals surface area contributed by atoms with Crippen molar-refractivity contribution < 1.29 is 13.2 Å². The van der Waals surface area contributed by atoms with Gasteiger partial charge in [0.1, 0.15) is 29.2 Å². The molecule has 0 radical (unpaired) electrons. The molecule has 27 heavy (non-hydrogen) atoms. The summed E-state index contributed by atoms with van der Waals surface area (Å²) in [5, 5.41) is 25.0. The zero-order chi connectivity index (χ0) is 20.2. The molecule has 0 aliphatic heterocycles. The molecule has 0 saturated heterocycles. The summed E-state index contributed by atoms with van der Waals surface area (Å²) < 4.78 is 39.9. The normalized spacial score (nSPS) is 11.1. The van der Waals surface area contributed by atoms with E-state index in [4.69, 9.17) is 23.2 Å². The molecule has 10 heteroatoms. The largest absolute Gasteiger partial charge is 0.416 e. The van der Waals surface area contributed by atoms with E-state index < -0.39 is 11.7 Å². The summed E-state index contributed by atoms with van der Waals surface area (Å²) in [4.78, 5) is 0. The van der Waals surface area contributed by atoms with E-state index in [1.807, 2.05) is 13.0 Å². The molecule has 1 aromatic heterocycles. The molecule has 0 spiro atoms. The Hall–Kier alpha value is -2.42. The van der Waals surface area contributed by atoms with Gasteiger partial charge in [0.15, 0.2) is 5.69 Å². The fraction of sp³-hybridized carbons (Fsp3) is 0.353. The summed E-state index contributed by atoms with van der Waals surface area (Å²) in [6.07, 6.45) is -1.91. The quantitative estimate of drug-likeness (QED) is 0.627. The van der Waals surface area contributed by atoms with Gasteiger partial charge in [0, 0.05) is 6.54 Å². The van der Waals surface area contributed by atoms with Gasteiger partial charge >= 0.3 is 6.18 Å². The molecule has 2 aromatic rings. The molecule has 1 N–H and O–H groups in total. The molecule has 0 aliphatic rings. The Labute approximate surface area is 163 Å². The van der Waals surface area contributed by atoms with Gasteiger partial charge in [-0.2, -0.15) is 28.8 Å². The van der Waals surface area contributed by atoms with Crippen molar-refractivity contribution in [2.75, 3.05) is 11.9 Å². The van der Waals surface area contributed by atoms with E-state index in [0.717, 1.165) is 36.1 Å². The van der Waals surface area contributed by atoms with Crippen molar-refractivity contribution in [3.63, 3.8) is 0 Å². The Balaban J connectivity index is 2.60. The fourth-order valence-electron chi connectivity index (χ4n) is 2.44. The highest BCUT2D eigenvalue weighted by Gasteiger charge is 2.33. The first-order valence-corrected chi connectivity index (χ1v) is 8.73. The van der Waals surface area contributed by atoms with Gasteiger partial charge in [-0.1, -0.05) is 43.0 Å². The summed E-state index contributed by atoms with van der Waals surface area (Å²) in [6, 6.07) is 5.13. The minimum Gasteiger partial charge on any atom is -0.369 e. The maximum atomic E-state index is 12.9. The molecule has 0 saturated carbocycles. The zero-order valence-corrected chi connectivity index (χ0v) is 15.7. The van der Waals surface area contributed by atoms with Crippen molar-refractivity contribution in [1.82, 2.24) is 9.78 Å². The van der Waals surface area contributed by atoms with E-state index >= 15 is 0 Å². The first-order chi connectivity index (χ1) is 12.7. The average Bonchev–Trinajstić information content (AvgIpc) is 2.94. The third kappa shape index (κ3) is 4.47. The van der Waals surface area contributed by atoms with E-state index in [2.05, 4.69) is 10.4 Å². The smallest absolute Gasteiger partial charge is 0.369 e. The molecule has 5 nitrogen and oxygen atoms in total. The second kappa shape index (κ2) is 8.51. The predicted molar refractivity (Wildman–Crippen MR) is 96.0 cm³/mol. The van der Waals surface area contributed by atoms with Gasteiger partial charge in [0.2, 0.25) is 0 Å². The van der Waals surface area contributed by atoms with E-state index in [1.165, 1.54) is 0 Å². The lowest BCUT2D eigenvalue weighted by Crippen LogP contribution is -2.11. The number of hydrogen-bond acceptors (Lipinski definition) is 4. The van der Waals surface area contributed by atoms with Gasteiger partial charge in [-0.05, 0) is 18.6 Å². The summed E-state index contributed by atoms with van der Waals surface area (Å²) >= 11 is 12.1. The van der Waals surface area contributed by atoms with Gasteiger partial charge in [0.05, 0.1) is 15.6 Å². The summed E-state index contributed by atoms with van der Waals surface area (Å²) in [5.74, 6) is 0.161. The molecule has 0 unspecified atom stereocenters. The van der Waals surface area contributed by atoms with Crippen LogP contribution in [0.25, 0.3) is 5.69 Å². The second-order valence-electron chi connectivity index (χ2n) is 5.63. The molecule has 0 fully saturated rings. The highest BCUT2D eigenvalue weighted by molar-refractivity contribution is 6.38. The maximum Gasteiger partial charge on any atom is 0.416 e. The first kappa shape index (κ1) is 20.9. The number of aromatic nitrogens is 2. The van der Waals surface area contributed by atoms with Crippen molar-refractivity contribution in [1.29, 1.82) is 10.5 Å². The van der Waals surface area contributed by atoms with E-state index in [0.29, 0.717) is 6.54 Å². The Morgan fingerprint density at radius 2 is 1.78 bits per heavy atom. The van der Waals surface area contributed by atoms with Crippen LogP contribution in [0, 0.1) is 22.7 Å². The van der Waals surface area contributed by atoms with Crippen molar-refractivity contribution in [2.24, 2.45) is 0 Å². The Morgan fingerprint density at radius 1 is 1.15 bits per heavy atom. The maximum absolute atomic E-state index is 12.9.